The Kier molecular flexibility index (Phi) is 6.99. The minimum absolute atomic E-state index is 0.0501. The van der Waals surface area contributed by atoms with Crippen LogP contribution in [-0.4, -0.2) is 67.5 Å². The zero-order valence-corrected chi connectivity index (χ0v) is 17.7. The molecule has 1 aromatic rings. The molecule has 7 heteroatoms. The molecule has 1 amide bonds. The van der Waals surface area contributed by atoms with Crippen molar-refractivity contribution in [2.75, 3.05) is 39.8 Å². The molecule has 1 aromatic heterocycles. The first-order chi connectivity index (χ1) is 13.5. The van der Waals surface area contributed by atoms with E-state index in [1.165, 1.54) is 12.8 Å². The molecule has 7 nitrogen and oxygen atoms in total. The summed E-state index contributed by atoms with van der Waals surface area (Å²) in [6, 6.07) is 4.56. The van der Waals surface area contributed by atoms with Gasteiger partial charge in [-0.3, -0.25) is 14.7 Å². The van der Waals surface area contributed by atoms with E-state index in [1.54, 1.807) is 7.05 Å². The van der Waals surface area contributed by atoms with Gasteiger partial charge < -0.3 is 20.0 Å². The number of nitrogens with zero attached hydrogens (tertiary/aromatic N) is 3. The maximum Gasteiger partial charge on any atom is 0.225 e. The van der Waals surface area contributed by atoms with Gasteiger partial charge in [0.2, 0.25) is 5.91 Å². The van der Waals surface area contributed by atoms with E-state index in [4.69, 9.17) is 4.42 Å². The number of aryl methyl sites for hydroxylation is 1. The number of carbonyl (C=O) groups excluding carboxylic acids is 1. The molecular weight excluding hydrogens is 354 g/mol. The molecule has 2 atom stereocenters. The lowest BCUT2D eigenvalue weighted by Gasteiger charge is -2.27. The van der Waals surface area contributed by atoms with Crippen LogP contribution in [0.5, 0.6) is 0 Å². The number of amides is 1. The number of furan rings is 1. The van der Waals surface area contributed by atoms with Crippen LogP contribution in [0, 0.1) is 12.8 Å². The molecule has 2 saturated heterocycles. The van der Waals surface area contributed by atoms with E-state index < -0.39 is 0 Å². The minimum atomic E-state index is 0.0501. The van der Waals surface area contributed by atoms with E-state index in [2.05, 4.69) is 26.6 Å². The summed E-state index contributed by atoms with van der Waals surface area (Å²) in [6.45, 7) is 10.4. The highest BCUT2D eigenvalue weighted by Crippen LogP contribution is 2.26. The molecule has 0 saturated carbocycles. The summed E-state index contributed by atoms with van der Waals surface area (Å²) in [4.78, 5) is 21.0. The first kappa shape index (κ1) is 20.7. The molecule has 0 aliphatic carbocycles. The van der Waals surface area contributed by atoms with Crippen molar-refractivity contribution in [2.45, 2.75) is 52.1 Å². The average molecular weight is 390 g/mol. The standard InChI is InChI=1S/C21H35N5O2/c1-15(2)20(27)26-12-9-17(14-26)24-21(22-4)23-13-18(25-10-5-6-11-25)19-8-7-16(3)28-19/h7-8,15,17-18H,5-6,9-14H2,1-4H3,(H2,22,23,24). The molecule has 3 rings (SSSR count). The van der Waals surface area contributed by atoms with Crippen LogP contribution in [-0.2, 0) is 4.79 Å². The number of likely N-dealkylation sites (tertiary alicyclic amines) is 2. The van der Waals surface area contributed by atoms with Gasteiger partial charge in [0.15, 0.2) is 5.96 Å². The number of rotatable bonds is 6. The van der Waals surface area contributed by atoms with Crippen molar-refractivity contribution in [3.8, 4) is 0 Å². The van der Waals surface area contributed by atoms with E-state index >= 15 is 0 Å². The summed E-state index contributed by atoms with van der Waals surface area (Å²) >= 11 is 0. The van der Waals surface area contributed by atoms with E-state index in [1.807, 2.05) is 31.7 Å². The third-order valence-electron chi connectivity index (χ3n) is 5.69. The number of hydrogen-bond acceptors (Lipinski definition) is 4. The SMILES string of the molecule is CN=C(NCC(c1ccc(C)o1)N1CCCC1)NC1CCN(C(=O)C(C)C)C1. The van der Waals surface area contributed by atoms with E-state index in [9.17, 15) is 4.79 Å². The van der Waals surface area contributed by atoms with E-state index in [-0.39, 0.29) is 23.9 Å². The normalized spacial score (nSPS) is 22.1. The van der Waals surface area contributed by atoms with Crippen LogP contribution < -0.4 is 10.6 Å². The van der Waals surface area contributed by atoms with Gasteiger partial charge in [-0.25, -0.2) is 0 Å². The molecule has 0 aromatic carbocycles. The van der Waals surface area contributed by atoms with Crippen LogP contribution in [0.1, 0.15) is 50.7 Å². The zero-order valence-electron chi connectivity index (χ0n) is 17.7. The molecular formula is C21H35N5O2. The number of nitrogens with one attached hydrogen (secondary N) is 2. The fraction of sp³-hybridized carbons (Fsp3) is 0.714. The zero-order chi connectivity index (χ0) is 20.1. The first-order valence-corrected chi connectivity index (χ1v) is 10.5. The quantitative estimate of drug-likeness (QED) is 0.576. The number of hydrogen-bond donors (Lipinski definition) is 2. The summed E-state index contributed by atoms with van der Waals surface area (Å²) in [5.41, 5.74) is 0. The summed E-state index contributed by atoms with van der Waals surface area (Å²) in [5, 5.41) is 6.97. The van der Waals surface area contributed by atoms with Crippen molar-refractivity contribution < 1.29 is 9.21 Å². The van der Waals surface area contributed by atoms with E-state index in [0.717, 1.165) is 56.6 Å². The van der Waals surface area contributed by atoms with Crippen LogP contribution in [0.4, 0.5) is 0 Å². The molecule has 2 unspecified atom stereocenters. The Morgan fingerprint density at radius 1 is 1.29 bits per heavy atom. The van der Waals surface area contributed by atoms with Gasteiger partial charge in [0.05, 0.1) is 6.04 Å². The van der Waals surface area contributed by atoms with Crippen molar-refractivity contribution in [3.05, 3.63) is 23.7 Å². The molecule has 2 aliphatic rings. The summed E-state index contributed by atoms with van der Waals surface area (Å²) < 4.78 is 5.93. The first-order valence-electron chi connectivity index (χ1n) is 10.5. The molecule has 0 radical (unpaired) electrons. The van der Waals surface area contributed by atoms with Crippen molar-refractivity contribution in [1.29, 1.82) is 0 Å². The Bertz CT molecular complexity index is 678. The molecule has 0 spiro atoms. The van der Waals surface area contributed by atoms with E-state index in [0.29, 0.717) is 0 Å². The van der Waals surface area contributed by atoms with Gasteiger partial charge in [-0.15, -0.1) is 0 Å². The van der Waals surface area contributed by atoms with Crippen molar-refractivity contribution in [3.63, 3.8) is 0 Å². The fourth-order valence-corrected chi connectivity index (χ4v) is 4.12. The summed E-state index contributed by atoms with van der Waals surface area (Å²) in [6.07, 6.45) is 3.43. The minimum Gasteiger partial charge on any atom is -0.465 e. The van der Waals surface area contributed by atoms with Crippen LogP contribution in [0.2, 0.25) is 0 Å². The van der Waals surface area contributed by atoms with Crippen LogP contribution >= 0.6 is 0 Å². The van der Waals surface area contributed by atoms with Gasteiger partial charge in [0.25, 0.3) is 0 Å². The maximum absolute atomic E-state index is 12.2. The maximum atomic E-state index is 12.2. The van der Waals surface area contributed by atoms with Gasteiger partial charge in [-0.2, -0.15) is 0 Å². The Labute approximate surface area is 168 Å². The Balaban J connectivity index is 1.55. The predicted molar refractivity (Wildman–Crippen MR) is 111 cm³/mol. The van der Waals surface area contributed by atoms with Gasteiger partial charge >= 0.3 is 0 Å². The van der Waals surface area contributed by atoms with Crippen LogP contribution in [0.25, 0.3) is 0 Å². The highest BCUT2D eigenvalue weighted by atomic mass is 16.3. The lowest BCUT2D eigenvalue weighted by atomic mass is 10.2. The second kappa shape index (κ2) is 9.45. The summed E-state index contributed by atoms with van der Waals surface area (Å²) in [5.74, 6) is 3.03. The highest BCUT2D eigenvalue weighted by Gasteiger charge is 2.29. The summed E-state index contributed by atoms with van der Waals surface area (Å²) in [7, 11) is 1.79. The van der Waals surface area contributed by atoms with Gasteiger partial charge in [0.1, 0.15) is 11.5 Å². The predicted octanol–water partition coefficient (Wildman–Crippen LogP) is 2.15. The molecule has 2 aliphatic heterocycles. The highest BCUT2D eigenvalue weighted by molar-refractivity contribution is 5.81. The Morgan fingerprint density at radius 2 is 2.04 bits per heavy atom. The molecule has 28 heavy (non-hydrogen) atoms. The van der Waals surface area contributed by atoms with Crippen LogP contribution in [0.15, 0.2) is 21.5 Å². The van der Waals surface area contributed by atoms with Gasteiger partial charge in [-0.1, -0.05) is 13.8 Å². The Hall–Kier alpha value is -2.02. The van der Waals surface area contributed by atoms with Crippen molar-refractivity contribution in [1.82, 2.24) is 20.4 Å². The second-order valence-corrected chi connectivity index (χ2v) is 8.23. The lowest BCUT2D eigenvalue weighted by molar-refractivity contribution is -0.133. The lowest BCUT2D eigenvalue weighted by Crippen LogP contribution is -2.47. The Morgan fingerprint density at radius 3 is 2.64 bits per heavy atom. The monoisotopic (exact) mass is 389 g/mol. The largest absolute Gasteiger partial charge is 0.465 e. The number of guanidine groups is 1. The molecule has 2 N–H and O–H groups in total. The topological polar surface area (TPSA) is 73.1 Å². The van der Waals surface area contributed by atoms with Crippen molar-refractivity contribution in [2.24, 2.45) is 10.9 Å². The van der Waals surface area contributed by atoms with Gasteiger partial charge in [0, 0.05) is 38.6 Å². The molecule has 0 bridgehead atoms. The van der Waals surface area contributed by atoms with Crippen molar-refractivity contribution >= 4 is 11.9 Å². The molecule has 156 valence electrons. The van der Waals surface area contributed by atoms with Crippen LogP contribution in [0.3, 0.4) is 0 Å². The third kappa shape index (κ3) is 5.07. The number of carbonyl (C=O) groups is 1. The van der Waals surface area contributed by atoms with Gasteiger partial charge in [-0.05, 0) is 51.4 Å². The second-order valence-electron chi connectivity index (χ2n) is 8.23. The molecule has 3 heterocycles. The third-order valence-corrected chi connectivity index (χ3v) is 5.69. The smallest absolute Gasteiger partial charge is 0.225 e. The fourth-order valence-electron chi connectivity index (χ4n) is 4.12. The molecule has 2 fully saturated rings. The average Bonchev–Trinajstić information content (AvgIpc) is 3.42. The number of aliphatic imine (C=N–C) groups is 1.